The average Bonchev–Trinajstić information content (AvgIpc) is 2.55. The minimum absolute atomic E-state index is 0. The molecule has 3 aromatic rings. The molecule has 0 fully saturated rings. The molecule has 0 aliphatic rings. The molecule has 0 amide bonds. The summed E-state index contributed by atoms with van der Waals surface area (Å²) in [6.07, 6.45) is 0. The van der Waals surface area contributed by atoms with Gasteiger partial charge in [-0.3, -0.25) is 0 Å². The Balaban J connectivity index is 0.00000192. The summed E-state index contributed by atoms with van der Waals surface area (Å²) in [6.45, 7) is 3.92. The molecule has 0 aliphatic heterocycles. The van der Waals surface area contributed by atoms with Gasteiger partial charge < -0.3 is 17.5 Å². The van der Waals surface area contributed by atoms with Crippen LogP contribution in [0.2, 0.25) is 0 Å². The fraction of sp³-hybridized carbons (Fsp3) is 0.100. The van der Waals surface area contributed by atoms with Crippen LogP contribution >= 0.6 is 0 Å². The van der Waals surface area contributed by atoms with E-state index in [1.54, 1.807) is 0 Å². The molecule has 0 aromatic heterocycles. The molecule has 23 heavy (non-hydrogen) atoms. The monoisotopic (exact) mass is 342 g/mol. The second-order valence-electron chi connectivity index (χ2n) is 5.34. The van der Waals surface area contributed by atoms with E-state index < -0.39 is 0 Å². The molecule has 0 saturated carbocycles. The Hall–Kier alpha value is -1.90. The van der Waals surface area contributed by atoms with E-state index in [1.165, 1.54) is 14.7 Å². The highest BCUT2D eigenvalue weighted by atomic mass is 35.5. The van der Waals surface area contributed by atoms with Crippen molar-refractivity contribution in [2.45, 2.75) is 28.5 Å². The minimum atomic E-state index is -0.155. The van der Waals surface area contributed by atoms with Gasteiger partial charge in [0.2, 0.25) is 0 Å². The molecule has 1 N–H and O–H groups in total. The van der Waals surface area contributed by atoms with Crippen LogP contribution < -0.4 is 12.4 Å². The SMILES string of the molecule is Cc1cc([S+](c2ccccc2)c2ccccc2)cc(C)c1O.[Cl-]. The van der Waals surface area contributed by atoms with Crippen molar-refractivity contribution in [1.29, 1.82) is 0 Å². The molecule has 0 atom stereocenters. The van der Waals surface area contributed by atoms with Crippen LogP contribution in [-0.4, -0.2) is 5.11 Å². The van der Waals surface area contributed by atoms with Crippen LogP contribution in [0.1, 0.15) is 11.1 Å². The molecule has 0 spiro atoms. The second kappa shape index (κ2) is 7.58. The Morgan fingerprint density at radius 2 is 1.04 bits per heavy atom. The predicted octanol–water partition coefficient (Wildman–Crippen LogP) is 2.11. The van der Waals surface area contributed by atoms with Crippen molar-refractivity contribution in [2.75, 3.05) is 0 Å². The van der Waals surface area contributed by atoms with E-state index in [-0.39, 0.29) is 23.3 Å². The summed E-state index contributed by atoms with van der Waals surface area (Å²) in [4.78, 5) is 3.82. The Bertz CT molecular complexity index is 710. The molecule has 0 heterocycles. The molecule has 1 nitrogen and oxygen atoms in total. The maximum Gasteiger partial charge on any atom is 0.167 e. The van der Waals surface area contributed by atoms with Gasteiger partial charge in [-0.1, -0.05) is 36.4 Å². The zero-order chi connectivity index (χ0) is 15.5. The number of hydrogen-bond acceptors (Lipinski definition) is 1. The number of aromatic hydroxyl groups is 1. The molecule has 3 rings (SSSR count). The maximum absolute atomic E-state index is 10.1. The number of phenolic OH excluding ortho intramolecular Hbond substituents is 1. The first-order chi connectivity index (χ1) is 10.7. The molecular weight excluding hydrogens is 324 g/mol. The summed E-state index contributed by atoms with van der Waals surface area (Å²) in [6, 6.07) is 25.3. The lowest BCUT2D eigenvalue weighted by Crippen LogP contribution is -3.00. The normalized spacial score (nSPS) is 10.4. The summed E-state index contributed by atoms with van der Waals surface area (Å²) in [7, 11) is -0.155. The molecule has 0 bridgehead atoms. The zero-order valence-corrected chi connectivity index (χ0v) is 14.7. The quantitative estimate of drug-likeness (QED) is 0.723. The summed E-state index contributed by atoms with van der Waals surface area (Å²) in [5.74, 6) is 0.397. The predicted molar refractivity (Wildman–Crippen MR) is 92.6 cm³/mol. The molecule has 0 aliphatic carbocycles. The van der Waals surface area contributed by atoms with Gasteiger partial charge in [0.25, 0.3) is 0 Å². The van der Waals surface area contributed by atoms with Gasteiger partial charge in [0.15, 0.2) is 14.7 Å². The van der Waals surface area contributed by atoms with Crippen LogP contribution in [0, 0.1) is 13.8 Å². The maximum atomic E-state index is 10.1. The molecule has 3 heteroatoms. The van der Waals surface area contributed by atoms with Crippen LogP contribution in [0.15, 0.2) is 87.5 Å². The van der Waals surface area contributed by atoms with E-state index >= 15 is 0 Å². The van der Waals surface area contributed by atoms with Crippen molar-refractivity contribution < 1.29 is 17.5 Å². The fourth-order valence-corrected chi connectivity index (χ4v) is 4.82. The number of benzene rings is 3. The molecule has 0 unspecified atom stereocenters. The van der Waals surface area contributed by atoms with Crippen LogP contribution in [0.4, 0.5) is 0 Å². The first kappa shape index (κ1) is 17.5. The number of halogens is 1. The van der Waals surface area contributed by atoms with Gasteiger partial charge in [0.05, 0.1) is 10.9 Å². The third-order valence-corrected chi connectivity index (χ3v) is 5.85. The Morgan fingerprint density at radius 1 is 0.652 bits per heavy atom. The summed E-state index contributed by atoms with van der Waals surface area (Å²) in [5.41, 5.74) is 1.86. The van der Waals surface area contributed by atoms with E-state index in [1.807, 2.05) is 26.0 Å². The molecule has 0 radical (unpaired) electrons. The summed E-state index contributed by atoms with van der Waals surface area (Å²) < 4.78 is 0. The molecular formula is C20H19ClOS. The smallest absolute Gasteiger partial charge is 0.167 e. The third kappa shape index (κ3) is 3.72. The highest BCUT2D eigenvalue weighted by Gasteiger charge is 2.29. The highest BCUT2D eigenvalue weighted by Crippen LogP contribution is 2.34. The van der Waals surface area contributed by atoms with Crippen molar-refractivity contribution >= 4 is 10.9 Å². The fourth-order valence-electron chi connectivity index (χ4n) is 2.56. The van der Waals surface area contributed by atoms with Crippen molar-refractivity contribution in [2.24, 2.45) is 0 Å². The van der Waals surface area contributed by atoms with Crippen molar-refractivity contribution in [3.63, 3.8) is 0 Å². The number of rotatable bonds is 3. The van der Waals surface area contributed by atoms with Gasteiger partial charge in [-0.05, 0) is 49.2 Å². The van der Waals surface area contributed by atoms with E-state index in [2.05, 4.69) is 60.7 Å². The topological polar surface area (TPSA) is 20.2 Å². The standard InChI is InChI=1S/C20H18OS.ClH/c1-15-13-19(14-16(2)20(15)21)22(17-9-5-3-6-10-17)18-11-7-4-8-12-18;/h3-14H,1-2H3;1H. The number of phenols is 1. The van der Waals surface area contributed by atoms with Crippen LogP contribution in [0.25, 0.3) is 0 Å². The lowest BCUT2D eigenvalue weighted by atomic mass is 10.1. The van der Waals surface area contributed by atoms with Gasteiger partial charge in [-0.15, -0.1) is 0 Å². The van der Waals surface area contributed by atoms with E-state index in [0.717, 1.165) is 11.1 Å². The Kier molecular flexibility index (Phi) is 5.75. The lowest BCUT2D eigenvalue weighted by molar-refractivity contribution is -0.00000540. The van der Waals surface area contributed by atoms with Gasteiger partial charge in [-0.2, -0.15) is 0 Å². The van der Waals surface area contributed by atoms with E-state index in [4.69, 9.17) is 0 Å². The van der Waals surface area contributed by atoms with E-state index in [0.29, 0.717) is 5.75 Å². The number of hydrogen-bond donors (Lipinski definition) is 1. The van der Waals surface area contributed by atoms with Crippen molar-refractivity contribution in [1.82, 2.24) is 0 Å². The molecule has 3 aromatic carbocycles. The van der Waals surface area contributed by atoms with Gasteiger partial charge >= 0.3 is 0 Å². The van der Waals surface area contributed by atoms with Crippen LogP contribution in [0.5, 0.6) is 5.75 Å². The van der Waals surface area contributed by atoms with Crippen molar-refractivity contribution in [3.05, 3.63) is 83.9 Å². The molecule has 0 saturated heterocycles. The zero-order valence-electron chi connectivity index (χ0n) is 13.2. The molecule has 118 valence electrons. The minimum Gasteiger partial charge on any atom is -1.00 e. The van der Waals surface area contributed by atoms with Gasteiger partial charge in [0.1, 0.15) is 5.75 Å². The summed E-state index contributed by atoms with van der Waals surface area (Å²) in [5, 5.41) is 10.1. The summed E-state index contributed by atoms with van der Waals surface area (Å²) >= 11 is 0. The van der Waals surface area contributed by atoms with E-state index in [9.17, 15) is 5.11 Å². The van der Waals surface area contributed by atoms with Crippen LogP contribution in [0.3, 0.4) is 0 Å². The Morgan fingerprint density at radius 3 is 1.43 bits per heavy atom. The Labute approximate surface area is 146 Å². The lowest BCUT2D eigenvalue weighted by Gasteiger charge is -2.10. The second-order valence-corrected chi connectivity index (χ2v) is 7.36. The first-order valence-electron chi connectivity index (χ1n) is 7.31. The van der Waals surface area contributed by atoms with Gasteiger partial charge in [0, 0.05) is 12.1 Å². The van der Waals surface area contributed by atoms with Crippen molar-refractivity contribution in [3.8, 4) is 5.75 Å². The number of aryl methyl sites for hydroxylation is 2. The van der Waals surface area contributed by atoms with Crippen LogP contribution in [-0.2, 0) is 10.9 Å². The third-order valence-electron chi connectivity index (χ3n) is 3.66. The first-order valence-corrected chi connectivity index (χ1v) is 8.54. The highest BCUT2D eigenvalue weighted by molar-refractivity contribution is 7.97. The van der Waals surface area contributed by atoms with Gasteiger partial charge in [-0.25, -0.2) is 0 Å². The average molecular weight is 343 g/mol. The largest absolute Gasteiger partial charge is 1.00 e.